The van der Waals surface area contributed by atoms with Crippen LogP contribution in [0.15, 0.2) is 42.0 Å². The molecule has 0 fully saturated rings. The zero-order chi connectivity index (χ0) is 22.3. The molecule has 0 aliphatic heterocycles. The van der Waals surface area contributed by atoms with E-state index in [0.29, 0.717) is 16.8 Å². The summed E-state index contributed by atoms with van der Waals surface area (Å²) < 4.78 is 9.61. The topological polar surface area (TPSA) is 126 Å². The first kappa shape index (κ1) is 22.7. The number of aliphatic carboxylic acids is 1. The standard InChI is InChI=1S/C20H14Cl2N2O6/c1-29-20(28)12-2-4-14(5-3-12)24-19(27)13(9-23)6-11-7-15(21)18(16(22)8-11)30-10-17(25)26/h2-8H,10H2,1H3,(H,24,27)(H,25,26)/b13-6+. The molecule has 0 bridgehead atoms. The van der Waals surface area contributed by atoms with Gasteiger partial charge in [-0.1, -0.05) is 23.2 Å². The predicted octanol–water partition coefficient (Wildman–Crippen LogP) is 3.79. The molecule has 10 heteroatoms. The molecule has 2 aromatic carbocycles. The third-order valence-corrected chi connectivity index (χ3v) is 4.16. The normalized spacial score (nSPS) is 10.7. The third kappa shape index (κ3) is 5.98. The summed E-state index contributed by atoms with van der Waals surface area (Å²) >= 11 is 12.1. The highest BCUT2D eigenvalue weighted by atomic mass is 35.5. The van der Waals surface area contributed by atoms with Crippen molar-refractivity contribution in [3.8, 4) is 11.8 Å². The Morgan fingerprint density at radius 3 is 2.27 bits per heavy atom. The zero-order valence-corrected chi connectivity index (χ0v) is 17.0. The molecule has 0 aliphatic rings. The minimum absolute atomic E-state index is 0.0195. The van der Waals surface area contributed by atoms with Crippen LogP contribution in [0.4, 0.5) is 5.69 Å². The third-order valence-electron chi connectivity index (χ3n) is 3.60. The van der Waals surface area contributed by atoms with Crippen LogP contribution in [0.1, 0.15) is 15.9 Å². The number of amides is 1. The number of carbonyl (C=O) groups excluding carboxylic acids is 2. The van der Waals surface area contributed by atoms with E-state index < -0.39 is 24.5 Å². The molecule has 8 nitrogen and oxygen atoms in total. The monoisotopic (exact) mass is 448 g/mol. The van der Waals surface area contributed by atoms with Gasteiger partial charge in [0.15, 0.2) is 12.4 Å². The second-order valence-electron chi connectivity index (χ2n) is 5.69. The van der Waals surface area contributed by atoms with Gasteiger partial charge in [0.2, 0.25) is 0 Å². The molecule has 0 aliphatic carbocycles. The Morgan fingerprint density at radius 2 is 1.77 bits per heavy atom. The summed E-state index contributed by atoms with van der Waals surface area (Å²) in [4.78, 5) is 34.4. The maximum atomic E-state index is 12.4. The molecule has 2 N–H and O–H groups in total. The van der Waals surface area contributed by atoms with E-state index in [9.17, 15) is 19.6 Å². The van der Waals surface area contributed by atoms with Crippen LogP contribution in [-0.2, 0) is 14.3 Å². The Balaban J connectivity index is 2.20. The average molecular weight is 449 g/mol. The zero-order valence-electron chi connectivity index (χ0n) is 15.4. The van der Waals surface area contributed by atoms with Crippen LogP contribution in [0, 0.1) is 11.3 Å². The van der Waals surface area contributed by atoms with E-state index in [1.165, 1.54) is 49.6 Å². The van der Waals surface area contributed by atoms with E-state index in [2.05, 4.69) is 10.1 Å². The quantitative estimate of drug-likeness (QED) is 0.374. The van der Waals surface area contributed by atoms with Gasteiger partial charge in [-0.3, -0.25) is 4.79 Å². The first-order valence-electron chi connectivity index (χ1n) is 8.20. The van der Waals surface area contributed by atoms with Crippen molar-refractivity contribution in [1.82, 2.24) is 0 Å². The summed E-state index contributed by atoms with van der Waals surface area (Å²) in [6.07, 6.45) is 1.26. The van der Waals surface area contributed by atoms with Gasteiger partial charge in [0.1, 0.15) is 11.6 Å². The molecule has 0 spiro atoms. The van der Waals surface area contributed by atoms with Crippen molar-refractivity contribution in [2.75, 3.05) is 19.0 Å². The number of nitrogens with zero attached hydrogens (tertiary/aromatic N) is 1. The Hall–Kier alpha value is -3.54. The molecule has 154 valence electrons. The first-order chi connectivity index (χ1) is 14.2. The molecule has 0 unspecified atom stereocenters. The lowest BCUT2D eigenvalue weighted by Crippen LogP contribution is -2.13. The van der Waals surface area contributed by atoms with Gasteiger partial charge in [-0.15, -0.1) is 0 Å². The minimum atomic E-state index is -1.20. The van der Waals surface area contributed by atoms with Crippen molar-refractivity contribution >= 4 is 52.8 Å². The Morgan fingerprint density at radius 1 is 1.17 bits per heavy atom. The Kier molecular flexibility index (Phi) is 7.81. The molecule has 0 atom stereocenters. The smallest absolute Gasteiger partial charge is 0.341 e. The van der Waals surface area contributed by atoms with Crippen LogP contribution in [0.3, 0.4) is 0 Å². The van der Waals surface area contributed by atoms with E-state index in [4.69, 9.17) is 33.0 Å². The minimum Gasteiger partial charge on any atom is -0.479 e. The van der Waals surface area contributed by atoms with Crippen molar-refractivity contribution in [3.05, 3.63) is 63.1 Å². The van der Waals surface area contributed by atoms with Crippen LogP contribution in [0.25, 0.3) is 6.08 Å². The Bertz CT molecular complexity index is 1030. The number of hydrogen-bond donors (Lipinski definition) is 2. The van der Waals surface area contributed by atoms with Crippen molar-refractivity contribution in [1.29, 1.82) is 5.26 Å². The van der Waals surface area contributed by atoms with Gasteiger partial charge in [-0.25, -0.2) is 9.59 Å². The summed E-state index contributed by atoms with van der Waals surface area (Å²) in [5.41, 5.74) is 0.766. The van der Waals surface area contributed by atoms with Gasteiger partial charge >= 0.3 is 11.9 Å². The summed E-state index contributed by atoms with van der Waals surface area (Å²) in [6, 6.07) is 10.4. The number of nitrogens with one attached hydrogen (secondary N) is 1. The molecule has 0 saturated carbocycles. The average Bonchev–Trinajstić information content (AvgIpc) is 2.71. The predicted molar refractivity (Wildman–Crippen MR) is 110 cm³/mol. The number of methoxy groups -OCH3 is 1. The molecule has 0 saturated heterocycles. The van der Waals surface area contributed by atoms with Crippen molar-refractivity contribution in [2.45, 2.75) is 0 Å². The second kappa shape index (κ2) is 10.3. The van der Waals surface area contributed by atoms with E-state index in [0.717, 1.165) is 0 Å². The van der Waals surface area contributed by atoms with Crippen LogP contribution in [-0.4, -0.2) is 36.7 Å². The van der Waals surface area contributed by atoms with Crippen LogP contribution in [0.2, 0.25) is 10.0 Å². The summed E-state index contributed by atoms with van der Waals surface area (Å²) in [5, 5.41) is 20.6. The molecule has 1 amide bonds. The van der Waals surface area contributed by atoms with E-state index in [1.807, 2.05) is 0 Å². The summed E-state index contributed by atoms with van der Waals surface area (Å²) in [6.45, 7) is -0.630. The number of benzene rings is 2. The molecule has 0 aromatic heterocycles. The highest BCUT2D eigenvalue weighted by Gasteiger charge is 2.14. The molecule has 2 aromatic rings. The van der Waals surface area contributed by atoms with Gasteiger partial charge in [0.25, 0.3) is 5.91 Å². The molecule has 0 radical (unpaired) electrons. The molecular formula is C20H14Cl2N2O6. The SMILES string of the molecule is COC(=O)c1ccc(NC(=O)/C(C#N)=C/c2cc(Cl)c(OCC(=O)O)c(Cl)c2)cc1. The van der Waals surface area contributed by atoms with Gasteiger partial charge < -0.3 is 19.9 Å². The van der Waals surface area contributed by atoms with Crippen molar-refractivity contribution in [3.63, 3.8) is 0 Å². The number of rotatable bonds is 7. The lowest BCUT2D eigenvalue weighted by Gasteiger charge is -2.09. The van der Waals surface area contributed by atoms with Gasteiger partial charge in [-0.2, -0.15) is 5.26 Å². The second-order valence-corrected chi connectivity index (χ2v) is 6.50. The van der Waals surface area contributed by atoms with Gasteiger partial charge in [0.05, 0.1) is 22.7 Å². The number of nitriles is 1. The van der Waals surface area contributed by atoms with E-state index >= 15 is 0 Å². The maximum absolute atomic E-state index is 12.4. The Labute approximate surface area is 181 Å². The number of halogens is 2. The van der Waals surface area contributed by atoms with Crippen LogP contribution >= 0.6 is 23.2 Å². The fourth-order valence-corrected chi connectivity index (χ4v) is 2.87. The number of ether oxygens (including phenoxy) is 2. The fourth-order valence-electron chi connectivity index (χ4n) is 2.26. The number of anilines is 1. The maximum Gasteiger partial charge on any atom is 0.341 e. The number of esters is 1. The number of carboxylic acids is 1. The lowest BCUT2D eigenvalue weighted by atomic mass is 10.1. The van der Waals surface area contributed by atoms with Crippen molar-refractivity contribution < 1.29 is 29.0 Å². The highest BCUT2D eigenvalue weighted by Crippen LogP contribution is 2.35. The van der Waals surface area contributed by atoms with Crippen LogP contribution < -0.4 is 10.1 Å². The van der Waals surface area contributed by atoms with E-state index in [1.54, 1.807) is 6.07 Å². The highest BCUT2D eigenvalue weighted by molar-refractivity contribution is 6.37. The largest absolute Gasteiger partial charge is 0.479 e. The van der Waals surface area contributed by atoms with E-state index in [-0.39, 0.29) is 21.4 Å². The number of hydrogen-bond acceptors (Lipinski definition) is 6. The summed E-state index contributed by atoms with van der Waals surface area (Å²) in [5.74, 6) is -2.43. The first-order valence-corrected chi connectivity index (χ1v) is 8.96. The van der Waals surface area contributed by atoms with Gasteiger partial charge in [0, 0.05) is 5.69 Å². The number of carboxylic acid groups (broad SMARTS) is 1. The summed E-state index contributed by atoms with van der Waals surface area (Å²) in [7, 11) is 1.26. The van der Waals surface area contributed by atoms with Crippen LogP contribution in [0.5, 0.6) is 5.75 Å². The lowest BCUT2D eigenvalue weighted by molar-refractivity contribution is -0.139. The van der Waals surface area contributed by atoms with Gasteiger partial charge in [-0.05, 0) is 48.0 Å². The molecule has 2 rings (SSSR count). The fraction of sp³-hybridized carbons (Fsp3) is 0.100. The number of carbonyl (C=O) groups is 3. The molecule has 0 heterocycles. The molecular weight excluding hydrogens is 435 g/mol. The molecule has 30 heavy (non-hydrogen) atoms. The van der Waals surface area contributed by atoms with Crippen molar-refractivity contribution in [2.24, 2.45) is 0 Å².